The van der Waals surface area contributed by atoms with E-state index < -0.39 is 17.4 Å². The van der Waals surface area contributed by atoms with Gasteiger partial charge in [0.2, 0.25) is 11.7 Å². The van der Waals surface area contributed by atoms with E-state index in [-0.39, 0.29) is 18.4 Å². The van der Waals surface area contributed by atoms with Crippen LogP contribution in [0.15, 0.2) is 30.3 Å². The highest BCUT2D eigenvalue weighted by Crippen LogP contribution is 2.32. The minimum absolute atomic E-state index is 0.0583. The molecule has 2 unspecified atom stereocenters. The van der Waals surface area contributed by atoms with E-state index in [1.165, 1.54) is 4.80 Å². The Morgan fingerprint density at radius 2 is 1.92 bits per heavy atom. The molecule has 1 amide bonds. The van der Waals surface area contributed by atoms with Crippen LogP contribution >= 0.6 is 0 Å². The quantitative estimate of drug-likeness (QED) is 0.876. The number of aliphatic carboxylic acids is 1. The molecule has 2 atom stereocenters. The lowest BCUT2D eigenvalue weighted by molar-refractivity contribution is -0.147. The molecule has 1 aromatic heterocycles. The van der Waals surface area contributed by atoms with Crippen LogP contribution in [0.4, 0.5) is 0 Å². The van der Waals surface area contributed by atoms with Crippen LogP contribution < -0.4 is 0 Å². The fraction of sp³-hybridized carbons (Fsp3) is 0.500. The molecular weight excluding hydrogens is 334 g/mol. The van der Waals surface area contributed by atoms with Crippen LogP contribution in [0.3, 0.4) is 0 Å². The average molecular weight is 357 g/mol. The summed E-state index contributed by atoms with van der Waals surface area (Å²) in [4.78, 5) is 27.4. The maximum atomic E-state index is 13.0. The summed E-state index contributed by atoms with van der Waals surface area (Å²) in [5.41, 5.74) is -0.0735. The molecule has 0 saturated carbocycles. The highest BCUT2D eigenvalue weighted by molar-refractivity contribution is 5.83. The number of rotatable bonds is 5. The third kappa shape index (κ3) is 3.31. The molecule has 8 nitrogen and oxygen atoms in total. The maximum absolute atomic E-state index is 13.0. The highest BCUT2D eigenvalue weighted by atomic mass is 16.4. The second-order valence-electron chi connectivity index (χ2n) is 7.36. The van der Waals surface area contributed by atoms with Gasteiger partial charge in [-0.2, -0.15) is 4.80 Å². The maximum Gasteiger partial charge on any atom is 0.311 e. The largest absolute Gasteiger partial charge is 0.481 e. The number of carbonyl (C=O) groups is 2. The zero-order valence-electron chi connectivity index (χ0n) is 15.2. The third-order valence-corrected chi connectivity index (χ3v) is 4.89. The molecule has 0 bridgehead atoms. The predicted octanol–water partition coefficient (Wildman–Crippen LogP) is 1.86. The number of nitrogens with zero attached hydrogens (tertiary/aromatic N) is 5. The Bertz CT molecular complexity index is 804. The number of carboxylic acids is 1. The van der Waals surface area contributed by atoms with Crippen LogP contribution in [0.25, 0.3) is 11.4 Å². The van der Waals surface area contributed by atoms with E-state index in [1.54, 1.807) is 11.8 Å². The third-order valence-electron chi connectivity index (χ3n) is 4.89. The highest BCUT2D eigenvalue weighted by Gasteiger charge is 2.44. The number of likely N-dealkylation sites (tertiary alicyclic amines) is 1. The van der Waals surface area contributed by atoms with Crippen molar-refractivity contribution in [3.8, 4) is 11.4 Å². The van der Waals surface area contributed by atoms with Gasteiger partial charge in [0.1, 0.15) is 0 Å². The smallest absolute Gasteiger partial charge is 0.311 e. The van der Waals surface area contributed by atoms with Gasteiger partial charge in [-0.25, -0.2) is 0 Å². The van der Waals surface area contributed by atoms with Crippen molar-refractivity contribution in [3.05, 3.63) is 30.3 Å². The molecule has 1 aliphatic rings. The fourth-order valence-electron chi connectivity index (χ4n) is 3.21. The van der Waals surface area contributed by atoms with Gasteiger partial charge in [-0.05, 0) is 24.5 Å². The summed E-state index contributed by atoms with van der Waals surface area (Å²) in [6.45, 7) is 6.13. The van der Waals surface area contributed by atoms with E-state index in [0.717, 1.165) is 5.56 Å². The summed E-state index contributed by atoms with van der Waals surface area (Å²) in [6.07, 6.45) is 0.443. The van der Waals surface area contributed by atoms with Crippen molar-refractivity contribution in [2.24, 2.45) is 11.3 Å². The lowest BCUT2D eigenvalue weighted by atomic mass is 9.90. The van der Waals surface area contributed by atoms with Crippen molar-refractivity contribution >= 4 is 11.9 Å². The van der Waals surface area contributed by atoms with E-state index in [1.807, 2.05) is 44.2 Å². The van der Waals surface area contributed by atoms with Gasteiger partial charge in [0.05, 0.1) is 5.41 Å². The van der Waals surface area contributed by atoms with E-state index >= 15 is 0 Å². The second-order valence-corrected chi connectivity index (χ2v) is 7.36. The van der Waals surface area contributed by atoms with Crippen LogP contribution in [0.1, 0.15) is 33.2 Å². The van der Waals surface area contributed by atoms with Gasteiger partial charge < -0.3 is 10.0 Å². The van der Waals surface area contributed by atoms with Gasteiger partial charge in [-0.15, -0.1) is 10.2 Å². The number of aromatic nitrogens is 4. The van der Waals surface area contributed by atoms with Gasteiger partial charge in [0, 0.05) is 18.7 Å². The number of carbonyl (C=O) groups excluding carboxylic acids is 1. The first-order valence-electron chi connectivity index (χ1n) is 8.69. The summed E-state index contributed by atoms with van der Waals surface area (Å²) in [7, 11) is 0. The molecule has 1 saturated heterocycles. The first-order valence-corrected chi connectivity index (χ1v) is 8.69. The molecule has 1 aromatic carbocycles. The summed E-state index contributed by atoms with van der Waals surface area (Å²) in [5, 5.41) is 21.9. The Balaban J connectivity index is 1.83. The molecule has 3 rings (SSSR count). The number of amides is 1. The fourth-order valence-corrected chi connectivity index (χ4v) is 3.21. The number of hydrogen-bond acceptors (Lipinski definition) is 5. The number of hydrogen-bond donors (Lipinski definition) is 1. The molecule has 0 spiro atoms. The molecule has 2 aromatic rings. The molecule has 26 heavy (non-hydrogen) atoms. The van der Waals surface area contributed by atoms with Crippen LogP contribution in [0.2, 0.25) is 0 Å². The van der Waals surface area contributed by atoms with Crippen molar-refractivity contribution in [2.45, 2.75) is 33.2 Å². The lowest BCUT2D eigenvalue weighted by Gasteiger charge is -2.26. The van der Waals surface area contributed by atoms with E-state index in [4.69, 9.17) is 0 Å². The predicted molar refractivity (Wildman–Crippen MR) is 94.1 cm³/mol. The number of tetrazole rings is 1. The minimum atomic E-state index is -0.901. The van der Waals surface area contributed by atoms with Crippen molar-refractivity contribution in [1.82, 2.24) is 25.1 Å². The normalized spacial score (nSPS) is 21.2. The lowest BCUT2D eigenvalue weighted by Crippen LogP contribution is -2.41. The van der Waals surface area contributed by atoms with Gasteiger partial charge in [-0.1, -0.05) is 44.2 Å². The molecule has 138 valence electrons. The zero-order valence-corrected chi connectivity index (χ0v) is 15.2. The van der Waals surface area contributed by atoms with Crippen LogP contribution in [-0.4, -0.2) is 55.2 Å². The molecule has 2 heterocycles. The topological polar surface area (TPSA) is 101 Å². The van der Waals surface area contributed by atoms with Crippen molar-refractivity contribution < 1.29 is 14.7 Å². The molecule has 1 fully saturated rings. The molecule has 0 radical (unpaired) electrons. The van der Waals surface area contributed by atoms with Crippen molar-refractivity contribution in [2.75, 3.05) is 13.1 Å². The molecule has 8 heteroatoms. The standard InChI is InChI=1S/C18H23N5O3/c1-12(2)14(16(24)22-10-9-18(3,11-22)17(25)26)23-20-15(19-21-23)13-7-5-4-6-8-13/h4-8,12,14H,9-11H2,1-3H3,(H,25,26). The minimum Gasteiger partial charge on any atom is -0.481 e. The Kier molecular flexibility index (Phi) is 4.76. The zero-order chi connectivity index (χ0) is 18.9. The summed E-state index contributed by atoms with van der Waals surface area (Å²) in [5.74, 6) is -0.640. The van der Waals surface area contributed by atoms with Crippen LogP contribution in [-0.2, 0) is 9.59 Å². The second kappa shape index (κ2) is 6.86. The molecule has 1 N–H and O–H groups in total. The Morgan fingerprint density at radius 3 is 2.50 bits per heavy atom. The monoisotopic (exact) mass is 357 g/mol. The van der Waals surface area contributed by atoms with Gasteiger partial charge in [-0.3, -0.25) is 9.59 Å². The van der Waals surface area contributed by atoms with Gasteiger partial charge in [0.25, 0.3) is 0 Å². The number of carboxylic acid groups (broad SMARTS) is 1. The average Bonchev–Trinajstić information content (AvgIpc) is 3.23. The Labute approximate surface area is 151 Å². The molecule has 0 aliphatic carbocycles. The molecule has 1 aliphatic heterocycles. The van der Waals surface area contributed by atoms with E-state index in [2.05, 4.69) is 15.4 Å². The van der Waals surface area contributed by atoms with Crippen LogP contribution in [0, 0.1) is 11.3 Å². The van der Waals surface area contributed by atoms with Crippen LogP contribution in [0.5, 0.6) is 0 Å². The summed E-state index contributed by atoms with van der Waals surface area (Å²) >= 11 is 0. The van der Waals surface area contributed by atoms with Crippen molar-refractivity contribution in [1.29, 1.82) is 0 Å². The van der Waals surface area contributed by atoms with Crippen molar-refractivity contribution in [3.63, 3.8) is 0 Å². The summed E-state index contributed by atoms with van der Waals surface area (Å²) < 4.78 is 0. The Hall–Kier alpha value is -2.77. The first-order chi connectivity index (χ1) is 12.3. The van der Waals surface area contributed by atoms with E-state index in [0.29, 0.717) is 18.8 Å². The molecular formula is C18H23N5O3. The first kappa shape index (κ1) is 18.0. The summed E-state index contributed by atoms with van der Waals surface area (Å²) in [6, 6.07) is 8.83. The van der Waals surface area contributed by atoms with Gasteiger partial charge in [0.15, 0.2) is 6.04 Å². The van der Waals surface area contributed by atoms with E-state index in [9.17, 15) is 14.7 Å². The number of benzene rings is 1. The Morgan fingerprint density at radius 1 is 1.23 bits per heavy atom. The SMILES string of the molecule is CC(C)C(C(=O)N1CCC(C)(C(=O)O)C1)n1nnc(-c2ccccc2)n1. The van der Waals surface area contributed by atoms with Gasteiger partial charge >= 0.3 is 5.97 Å².